The summed E-state index contributed by atoms with van der Waals surface area (Å²) in [5.74, 6) is -2.83. The number of benzene rings is 1. The summed E-state index contributed by atoms with van der Waals surface area (Å²) in [4.78, 5) is 48.9. The molecule has 0 spiro atoms. The second-order valence-electron chi connectivity index (χ2n) is 4.62. The molecule has 0 radical (unpaired) electrons. The third kappa shape index (κ3) is 3.23. The number of ether oxygens (including phenoxy) is 2. The fourth-order valence-electron chi connectivity index (χ4n) is 2.08. The fraction of sp³-hybridized carbons (Fsp3) is 0.250. The van der Waals surface area contributed by atoms with Gasteiger partial charge in [-0.25, -0.2) is 14.5 Å². The van der Waals surface area contributed by atoms with E-state index in [1.54, 1.807) is 13.8 Å². The van der Waals surface area contributed by atoms with Gasteiger partial charge in [0.05, 0.1) is 24.5 Å². The lowest BCUT2D eigenvalue weighted by atomic mass is 10.2. The van der Waals surface area contributed by atoms with Crippen molar-refractivity contribution in [3.63, 3.8) is 0 Å². The van der Waals surface area contributed by atoms with E-state index in [0.717, 1.165) is 4.90 Å². The molecule has 8 heteroatoms. The van der Waals surface area contributed by atoms with E-state index in [2.05, 4.69) is 15.9 Å². The Bertz CT molecular complexity index is 737. The van der Waals surface area contributed by atoms with Crippen molar-refractivity contribution in [1.29, 1.82) is 0 Å². The van der Waals surface area contributed by atoms with Gasteiger partial charge >= 0.3 is 11.9 Å². The summed E-state index contributed by atoms with van der Waals surface area (Å²) in [6, 6.07) is 5.72. The second-order valence-corrected chi connectivity index (χ2v) is 5.42. The van der Waals surface area contributed by atoms with Crippen LogP contribution in [0.15, 0.2) is 34.3 Å². The van der Waals surface area contributed by atoms with Crippen LogP contribution in [0.4, 0.5) is 5.69 Å². The SMILES string of the molecule is CCOC(=O)C1=C(Br)C(=O)N(c2ccc(C(=O)OCC)cc2)C1=O. The molecule has 0 saturated carbocycles. The molecule has 0 bridgehead atoms. The Hall–Kier alpha value is -2.48. The first kappa shape index (κ1) is 17.9. The molecule has 1 aromatic carbocycles. The minimum atomic E-state index is -0.867. The average molecular weight is 396 g/mol. The second kappa shape index (κ2) is 7.39. The Morgan fingerprint density at radius 1 is 0.958 bits per heavy atom. The minimum absolute atomic E-state index is 0.0817. The van der Waals surface area contributed by atoms with E-state index in [0.29, 0.717) is 0 Å². The van der Waals surface area contributed by atoms with E-state index in [9.17, 15) is 19.2 Å². The van der Waals surface area contributed by atoms with Gasteiger partial charge < -0.3 is 9.47 Å². The first-order valence-electron chi connectivity index (χ1n) is 7.15. The molecule has 0 unspecified atom stereocenters. The van der Waals surface area contributed by atoms with Crippen LogP contribution < -0.4 is 4.90 Å². The lowest BCUT2D eigenvalue weighted by molar-refractivity contribution is -0.139. The summed E-state index contributed by atoms with van der Waals surface area (Å²) in [5, 5.41) is 0. The van der Waals surface area contributed by atoms with Crippen LogP contribution in [0.25, 0.3) is 0 Å². The van der Waals surface area contributed by atoms with Gasteiger partial charge in [-0.05, 0) is 54.0 Å². The average Bonchev–Trinajstić information content (AvgIpc) is 2.78. The van der Waals surface area contributed by atoms with Crippen molar-refractivity contribution in [2.75, 3.05) is 18.1 Å². The van der Waals surface area contributed by atoms with Gasteiger partial charge in [-0.1, -0.05) is 0 Å². The number of rotatable bonds is 5. The van der Waals surface area contributed by atoms with Crippen molar-refractivity contribution in [2.24, 2.45) is 0 Å². The molecule has 1 aromatic rings. The number of hydrogen-bond donors (Lipinski definition) is 0. The number of anilines is 1. The maximum Gasteiger partial charge on any atom is 0.345 e. The first-order valence-corrected chi connectivity index (χ1v) is 7.94. The summed E-state index contributed by atoms with van der Waals surface area (Å²) >= 11 is 2.97. The first-order chi connectivity index (χ1) is 11.4. The van der Waals surface area contributed by atoms with E-state index >= 15 is 0 Å². The fourth-order valence-corrected chi connectivity index (χ4v) is 2.59. The largest absolute Gasteiger partial charge is 0.462 e. The third-order valence-corrected chi connectivity index (χ3v) is 3.88. The van der Waals surface area contributed by atoms with Crippen molar-refractivity contribution in [2.45, 2.75) is 13.8 Å². The van der Waals surface area contributed by atoms with Gasteiger partial charge in [0, 0.05) is 0 Å². The number of esters is 2. The zero-order valence-electron chi connectivity index (χ0n) is 13.0. The predicted octanol–water partition coefficient (Wildman–Crippen LogP) is 1.95. The number of nitrogens with zero attached hydrogens (tertiary/aromatic N) is 1. The Morgan fingerprint density at radius 2 is 1.50 bits per heavy atom. The van der Waals surface area contributed by atoms with Crippen LogP contribution in [0, 0.1) is 0 Å². The molecule has 0 N–H and O–H groups in total. The normalized spacial score (nSPS) is 14.2. The molecule has 0 fully saturated rings. The van der Waals surface area contributed by atoms with Gasteiger partial charge in [-0.15, -0.1) is 0 Å². The monoisotopic (exact) mass is 395 g/mol. The number of carbonyl (C=O) groups is 4. The minimum Gasteiger partial charge on any atom is -0.462 e. The number of imide groups is 1. The predicted molar refractivity (Wildman–Crippen MR) is 87.5 cm³/mol. The van der Waals surface area contributed by atoms with Crippen LogP contribution in [0.3, 0.4) is 0 Å². The molecule has 7 nitrogen and oxygen atoms in total. The number of amides is 2. The number of carbonyl (C=O) groups excluding carboxylic acids is 4. The lowest BCUT2D eigenvalue weighted by Gasteiger charge is -2.15. The van der Waals surface area contributed by atoms with Gasteiger partial charge in [-0.2, -0.15) is 0 Å². The summed E-state index contributed by atoms with van der Waals surface area (Å²) in [7, 11) is 0. The number of hydrogen-bond acceptors (Lipinski definition) is 6. The molecule has 2 amide bonds. The highest BCUT2D eigenvalue weighted by molar-refractivity contribution is 9.12. The van der Waals surface area contributed by atoms with Gasteiger partial charge in [0.15, 0.2) is 0 Å². The maximum absolute atomic E-state index is 12.4. The lowest BCUT2D eigenvalue weighted by Crippen LogP contribution is -2.32. The van der Waals surface area contributed by atoms with E-state index in [-0.39, 0.29) is 34.5 Å². The molecule has 1 aliphatic heterocycles. The number of halogens is 1. The molecule has 0 saturated heterocycles. The van der Waals surface area contributed by atoms with Crippen LogP contribution in [0.5, 0.6) is 0 Å². The smallest absolute Gasteiger partial charge is 0.345 e. The maximum atomic E-state index is 12.4. The zero-order chi connectivity index (χ0) is 17.9. The zero-order valence-corrected chi connectivity index (χ0v) is 14.6. The summed E-state index contributed by atoms with van der Waals surface area (Å²) in [6.07, 6.45) is 0. The van der Waals surface area contributed by atoms with Crippen LogP contribution in [0.1, 0.15) is 24.2 Å². The van der Waals surface area contributed by atoms with E-state index < -0.39 is 23.8 Å². The Morgan fingerprint density at radius 3 is 2.04 bits per heavy atom. The van der Waals surface area contributed by atoms with Crippen LogP contribution >= 0.6 is 15.9 Å². The quantitative estimate of drug-likeness (QED) is 0.429. The van der Waals surface area contributed by atoms with Crippen molar-refractivity contribution in [1.82, 2.24) is 0 Å². The van der Waals surface area contributed by atoms with E-state index in [1.165, 1.54) is 24.3 Å². The molecule has 1 heterocycles. The Balaban J connectivity index is 2.28. The molecule has 2 rings (SSSR count). The van der Waals surface area contributed by atoms with E-state index in [4.69, 9.17) is 9.47 Å². The summed E-state index contributed by atoms with van der Waals surface area (Å²) < 4.78 is 9.50. The Labute approximate surface area is 146 Å². The molecule has 24 heavy (non-hydrogen) atoms. The van der Waals surface area contributed by atoms with Crippen molar-refractivity contribution < 1.29 is 28.7 Å². The van der Waals surface area contributed by atoms with Gasteiger partial charge in [0.25, 0.3) is 11.8 Å². The Kier molecular flexibility index (Phi) is 5.50. The van der Waals surface area contributed by atoms with Crippen molar-refractivity contribution >= 4 is 45.4 Å². The molecular formula is C16H14BrNO6. The van der Waals surface area contributed by atoms with Gasteiger partial charge in [0.2, 0.25) is 0 Å². The molecule has 1 aliphatic rings. The van der Waals surface area contributed by atoms with Crippen LogP contribution in [-0.2, 0) is 23.9 Å². The van der Waals surface area contributed by atoms with E-state index in [1.807, 2.05) is 0 Å². The molecule has 0 aliphatic carbocycles. The summed E-state index contributed by atoms with van der Waals surface area (Å²) in [6.45, 7) is 3.61. The highest BCUT2D eigenvalue weighted by Gasteiger charge is 2.42. The highest BCUT2D eigenvalue weighted by Crippen LogP contribution is 2.31. The van der Waals surface area contributed by atoms with Gasteiger partial charge in [-0.3, -0.25) is 9.59 Å². The van der Waals surface area contributed by atoms with Crippen LogP contribution in [0.2, 0.25) is 0 Å². The third-order valence-electron chi connectivity index (χ3n) is 3.14. The van der Waals surface area contributed by atoms with Gasteiger partial charge in [0.1, 0.15) is 10.1 Å². The topological polar surface area (TPSA) is 90.0 Å². The molecule has 126 valence electrons. The van der Waals surface area contributed by atoms with Crippen LogP contribution in [-0.4, -0.2) is 37.0 Å². The van der Waals surface area contributed by atoms with Crippen molar-refractivity contribution in [3.05, 3.63) is 39.9 Å². The molecule has 0 atom stereocenters. The van der Waals surface area contributed by atoms with Crippen molar-refractivity contribution in [3.8, 4) is 0 Å². The standard InChI is InChI=1S/C16H14BrNO6/c1-3-23-15(21)9-5-7-10(8-6-9)18-13(19)11(12(17)14(18)20)16(22)24-4-2/h5-8H,3-4H2,1-2H3. The summed E-state index contributed by atoms with van der Waals surface area (Å²) in [5.41, 5.74) is 0.169. The molecular weight excluding hydrogens is 382 g/mol. The highest BCUT2D eigenvalue weighted by atomic mass is 79.9. The molecule has 0 aromatic heterocycles.